The second-order valence-electron chi connectivity index (χ2n) is 7.53. The maximum Gasteiger partial charge on any atom is 0.0329 e. The first-order chi connectivity index (χ1) is 8.88. The summed E-state index contributed by atoms with van der Waals surface area (Å²) in [4.78, 5) is 5.39. The molecular weight excluding hydrogens is 232 g/mol. The Kier molecular flexibility index (Phi) is 2.99. The van der Waals surface area contributed by atoms with Crippen molar-refractivity contribution in [3.63, 3.8) is 0 Å². The highest BCUT2D eigenvalue weighted by Crippen LogP contribution is 2.43. The lowest BCUT2D eigenvalue weighted by molar-refractivity contribution is 0.00586. The van der Waals surface area contributed by atoms with Crippen LogP contribution in [0.2, 0.25) is 0 Å². The molecule has 2 aliphatic rings. The largest absolute Gasteiger partial charge is 0.293 e. The van der Waals surface area contributed by atoms with Gasteiger partial charge in [-0.2, -0.15) is 0 Å². The van der Waals surface area contributed by atoms with E-state index in [1.54, 1.807) is 0 Å². The first-order valence-electron chi connectivity index (χ1n) is 7.44. The van der Waals surface area contributed by atoms with Crippen molar-refractivity contribution in [1.29, 1.82) is 0 Å². The standard InChI is InChI=1S/C17H26N2/c1-16(2,3)19-12-15-10-17(19,4)13-18(15)11-14-8-6-5-7-9-14/h5-9,15H,10-13H2,1-4H3/t15-,17-/m0/s1. The molecule has 19 heavy (non-hydrogen) atoms. The van der Waals surface area contributed by atoms with Crippen LogP contribution < -0.4 is 0 Å². The molecule has 3 rings (SSSR count). The van der Waals surface area contributed by atoms with Crippen LogP contribution in [0.1, 0.15) is 39.7 Å². The van der Waals surface area contributed by atoms with Crippen LogP contribution in [0.25, 0.3) is 0 Å². The average Bonchev–Trinajstić information content (AvgIpc) is 2.82. The summed E-state index contributed by atoms with van der Waals surface area (Å²) in [5, 5.41) is 0. The fraction of sp³-hybridized carbons (Fsp3) is 0.647. The van der Waals surface area contributed by atoms with Crippen molar-refractivity contribution in [2.75, 3.05) is 13.1 Å². The van der Waals surface area contributed by atoms with Crippen molar-refractivity contribution in [3.8, 4) is 0 Å². The number of nitrogens with zero attached hydrogens (tertiary/aromatic N) is 2. The number of rotatable bonds is 2. The fourth-order valence-electron chi connectivity index (χ4n) is 4.16. The van der Waals surface area contributed by atoms with Crippen LogP contribution in [0.5, 0.6) is 0 Å². The lowest BCUT2D eigenvalue weighted by atomic mass is 9.95. The van der Waals surface area contributed by atoms with Crippen molar-refractivity contribution in [2.24, 2.45) is 0 Å². The third-order valence-electron chi connectivity index (χ3n) is 4.82. The maximum absolute atomic E-state index is 2.71. The molecule has 0 unspecified atom stereocenters. The molecule has 0 N–H and O–H groups in total. The zero-order chi connectivity index (χ0) is 13.7. The number of piperazine rings is 1. The molecule has 2 fully saturated rings. The average molecular weight is 258 g/mol. The molecule has 2 heterocycles. The summed E-state index contributed by atoms with van der Waals surface area (Å²) in [6, 6.07) is 11.6. The summed E-state index contributed by atoms with van der Waals surface area (Å²) in [7, 11) is 0. The highest BCUT2D eigenvalue weighted by molar-refractivity contribution is 5.17. The van der Waals surface area contributed by atoms with E-state index in [2.05, 4.69) is 67.8 Å². The molecule has 1 aromatic carbocycles. The van der Waals surface area contributed by atoms with E-state index in [1.807, 2.05) is 0 Å². The Hall–Kier alpha value is -0.860. The number of benzene rings is 1. The topological polar surface area (TPSA) is 6.48 Å². The predicted octanol–water partition coefficient (Wildman–Crippen LogP) is 3.13. The molecule has 2 aliphatic heterocycles. The van der Waals surface area contributed by atoms with Crippen molar-refractivity contribution in [3.05, 3.63) is 35.9 Å². The summed E-state index contributed by atoms with van der Waals surface area (Å²) >= 11 is 0. The van der Waals surface area contributed by atoms with Gasteiger partial charge in [0.05, 0.1) is 0 Å². The molecule has 0 radical (unpaired) electrons. The van der Waals surface area contributed by atoms with Crippen LogP contribution in [-0.2, 0) is 6.54 Å². The Morgan fingerprint density at radius 1 is 1.21 bits per heavy atom. The zero-order valence-electron chi connectivity index (χ0n) is 12.7. The highest BCUT2D eigenvalue weighted by Gasteiger charge is 2.54. The van der Waals surface area contributed by atoms with Gasteiger partial charge in [-0.3, -0.25) is 9.80 Å². The van der Waals surface area contributed by atoms with Crippen LogP contribution >= 0.6 is 0 Å². The molecule has 0 amide bonds. The Morgan fingerprint density at radius 3 is 2.42 bits per heavy atom. The summed E-state index contributed by atoms with van der Waals surface area (Å²) in [6.07, 6.45) is 1.33. The third-order valence-corrected chi connectivity index (χ3v) is 4.82. The van der Waals surface area contributed by atoms with Gasteiger partial charge in [-0.05, 0) is 39.7 Å². The van der Waals surface area contributed by atoms with Crippen LogP contribution in [0, 0.1) is 0 Å². The molecule has 2 bridgehead atoms. The minimum absolute atomic E-state index is 0.294. The molecule has 0 spiro atoms. The van der Waals surface area contributed by atoms with Crippen molar-refractivity contribution >= 4 is 0 Å². The van der Waals surface area contributed by atoms with E-state index in [0.29, 0.717) is 11.1 Å². The van der Waals surface area contributed by atoms with E-state index in [-0.39, 0.29) is 0 Å². The Bertz CT molecular complexity index is 448. The van der Waals surface area contributed by atoms with Gasteiger partial charge < -0.3 is 0 Å². The van der Waals surface area contributed by atoms with E-state index in [9.17, 15) is 0 Å². The van der Waals surface area contributed by atoms with Gasteiger partial charge in [-0.15, -0.1) is 0 Å². The van der Waals surface area contributed by atoms with Gasteiger partial charge in [0, 0.05) is 36.8 Å². The molecule has 0 saturated carbocycles. The predicted molar refractivity (Wildman–Crippen MR) is 80.1 cm³/mol. The maximum atomic E-state index is 2.71. The number of fused-ring (bicyclic) bond motifs is 2. The quantitative estimate of drug-likeness (QED) is 0.804. The van der Waals surface area contributed by atoms with E-state index in [0.717, 1.165) is 12.6 Å². The van der Waals surface area contributed by atoms with Gasteiger partial charge in [0.1, 0.15) is 0 Å². The summed E-state index contributed by atoms with van der Waals surface area (Å²) < 4.78 is 0. The zero-order valence-corrected chi connectivity index (χ0v) is 12.7. The SMILES string of the molecule is CC(C)(C)N1C[C@@H]2C[C@@]1(C)CN2Cc1ccccc1. The molecule has 1 aromatic rings. The number of hydrogen-bond donors (Lipinski definition) is 0. The number of hydrogen-bond acceptors (Lipinski definition) is 2. The van der Waals surface area contributed by atoms with Crippen molar-refractivity contribution in [1.82, 2.24) is 9.80 Å². The van der Waals surface area contributed by atoms with E-state index in [1.165, 1.54) is 25.1 Å². The first-order valence-corrected chi connectivity index (χ1v) is 7.44. The van der Waals surface area contributed by atoms with Gasteiger partial charge in [0.25, 0.3) is 0 Å². The number of likely N-dealkylation sites (tertiary alicyclic amines) is 2. The lowest BCUT2D eigenvalue weighted by Gasteiger charge is -2.47. The molecule has 0 aliphatic carbocycles. The minimum Gasteiger partial charge on any atom is -0.293 e. The van der Waals surface area contributed by atoms with Gasteiger partial charge >= 0.3 is 0 Å². The normalized spacial score (nSPS) is 32.1. The smallest absolute Gasteiger partial charge is 0.0329 e. The second-order valence-corrected chi connectivity index (χ2v) is 7.53. The van der Waals surface area contributed by atoms with Crippen LogP contribution in [0.4, 0.5) is 0 Å². The molecular formula is C17H26N2. The second kappa shape index (κ2) is 4.32. The molecule has 2 heteroatoms. The third kappa shape index (κ3) is 2.32. The first kappa shape index (κ1) is 13.1. The highest BCUT2D eigenvalue weighted by atomic mass is 15.4. The van der Waals surface area contributed by atoms with Crippen molar-refractivity contribution in [2.45, 2.75) is 57.8 Å². The van der Waals surface area contributed by atoms with Gasteiger partial charge in [-0.1, -0.05) is 30.3 Å². The van der Waals surface area contributed by atoms with Crippen molar-refractivity contribution < 1.29 is 0 Å². The Morgan fingerprint density at radius 2 is 1.89 bits per heavy atom. The van der Waals surface area contributed by atoms with Gasteiger partial charge in [0.15, 0.2) is 0 Å². The molecule has 0 aromatic heterocycles. The summed E-state index contributed by atoms with van der Waals surface area (Å²) in [5.74, 6) is 0. The fourth-order valence-corrected chi connectivity index (χ4v) is 4.16. The van der Waals surface area contributed by atoms with Crippen LogP contribution in [0.3, 0.4) is 0 Å². The van der Waals surface area contributed by atoms with E-state index in [4.69, 9.17) is 0 Å². The summed E-state index contributed by atoms with van der Waals surface area (Å²) in [6.45, 7) is 13.0. The molecule has 2 atom stereocenters. The lowest BCUT2D eigenvalue weighted by Crippen LogP contribution is -2.58. The Labute approximate surface area is 117 Å². The van der Waals surface area contributed by atoms with Crippen LogP contribution in [-0.4, -0.2) is 40.0 Å². The van der Waals surface area contributed by atoms with E-state index >= 15 is 0 Å². The molecule has 2 saturated heterocycles. The monoisotopic (exact) mass is 258 g/mol. The van der Waals surface area contributed by atoms with Gasteiger partial charge in [-0.25, -0.2) is 0 Å². The summed E-state index contributed by atoms with van der Waals surface area (Å²) in [5.41, 5.74) is 2.11. The Balaban J connectivity index is 1.72. The molecule has 104 valence electrons. The van der Waals surface area contributed by atoms with Crippen LogP contribution in [0.15, 0.2) is 30.3 Å². The van der Waals surface area contributed by atoms with Gasteiger partial charge in [0.2, 0.25) is 0 Å². The molecule has 2 nitrogen and oxygen atoms in total. The minimum atomic E-state index is 0.294. The van der Waals surface area contributed by atoms with E-state index < -0.39 is 0 Å².